The zero-order valence-corrected chi connectivity index (χ0v) is 12.5. The molecule has 21 heavy (non-hydrogen) atoms. The maximum atomic E-state index is 12.3. The summed E-state index contributed by atoms with van der Waals surface area (Å²) in [6.45, 7) is 1.95. The number of hydrogen-bond acceptors (Lipinski definition) is 5. The summed E-state index contributed by atoms with van der Waals surface area (Å²) in [5.41, 5.74) is 0.446. The molecule has 0 saturated carbocycles. The van der Waals surface area contributed by atoms with Gasteiger partial charge in [-0.2, -0.15) is 10.5 Å². The fraction of sp³-hybridized carbons (Fsp3) is 0.467. The number of sulfone groups is 1. The lowest BCUT2D eigenvalue weighted by Gasteiger charge is -2.29. The van der Waals surface area contributed by atoms with Gasteiger partial charge in [-0.25, -0.2) is 8.42 Å². The van der Waals surface area contributed by atoms with Gasteiger partial charge in [-0.05, 0) is 43.7 Å². The molecule has 1 aromatic rings. The zero-order valence-electron chi connectivity index (χ0n) is 11.7. The SMILES string of the molecule is N#Cc1ccc(S(=O)(=O)CCN2CCCC(C#N)C2)cc1. The van der Waals surface area contributed by atoms with Crippen LogP contribution >= 0.6 is 0 Å². The lowest BCUT2D eigenvalue weighted by molar-refractivity contribution is 0.210. The van der Waals surface area contributed by atoms with E-state index in [4.69, 9.17) is 10.5 Å². The van der Waals surface area contributed by atoms with Crippen LogP contribution in [0.4, 0.5) is 0 Å². The Balaban J connectivity index is 1.98. The minimum atomic E-state index is -3.34. The molecule has 2 rings (SSSR count). The van der Waals surface area contributed by atoms with Crippen molar-refractivity contribution in [3.05, 3.63) is 29.8 Å². The molecule has 1 aliphatic heterocycles. The van der Waals surface area contributed by atoms with Crippen LogP contribution in [-0.2, 0) is 9.84 Å². The molecule has 0 aliphatic carbocycles. The van der Waals surface area contributed by atoms with Crippen molar-refractivity contribution in [2.45, 2.75) is 17.7 Å². The quantitative estimate of drug-likeness (QED) is 0.842. The highest BCUT2D eigenvalue weighted by Gasteiger charge is 2.22. The van der Waals surface area contributed by atoms with Crippen LogP contribution in [-0.4, -0.2) is 38.7 Å². The lowest BCUT2D eigenvalue weighted by Crippen LogP contribution is -2.37. The van der Waals surface area contributed by atoms with Gasteiger partial charge < -0.3 is 4.90 Å². The van der Waals surface area contributed by atoms with Gasteiger partial charge in [0, 0.05) is 13.1 Å². The monoisotopic (exact) mass is 303 g/mol. The van der Waals surface area contributed by atoms with Crippen LogP contribution in [0.15, 0.2) is 29.2 Å². The van der Waals surface area contributed by atoms with E-state index in [-0.39, 0.29) is 16.6 Å². The second kappa shape index (κ2) is 6.71. The summed E-state index contributed by atoms with van der Waals surface area (Å²) in [6.07, 6.45) is 1.84. The largest absolute Gasteiger partial charge is 0.301 e. The summed E-state index contributed by atoms with van der Waals surface area (Å²) < 4.78 is 24.5. The predicted molar refractivity (Wildman–Crippen MR) is 78.0 cm³/mol. The Morgan fingerprint density at radius 3 is 2.57 bits per heavy atom. The van der Waals surface area contributed by atoms with Crippen molar-refractivity contribution < 1.29 is 8.42 Å². The van der Waals surface area contributed by atoms with Crippen molar-refractivity contribution in [1.29, 1.82) is 10.5 Å². The van der Waals surface area contributed by atoms with E-state index in [0.717, 1.165) is 19.4 Å². The second-order valence-electron chi connectivity index (χ2n) is 5.22. The normalized spacial score (nSPS) is 19.6. The second-order valence-corrected chi connectivity index (χ2v) is 7.33. The van der Waals surface area contributed by atoms with E-state index in [2.05, 4.69) is 6.07 Å². The Bertz CT molecular complexity index is 668. The van der Waals surface area contributed by atoms with E-state index in [1.54, 1.807) is 0 Å². The summed E-state index contributed by atoms with van der Waals surface area (Å²) in [4.78, 5) is 2.29. The molecule has 1 atom stereocenters. The molecule has 0 N–H and O–H groups in total. The number of rotatable bonds is 4. The molecule has 1 fully saturated rings. The molecule has 5 nitrogen and oxygen atoms in total. The van der Waals surface area contributed by atoms with Crippen LogP contribution in [0.1, 0.15) is 18.4 Å². The third-order valence-corrected chi connectivity index (χ3v) is 5.42. The van der Waals surface area contributed by atoms with Crippen LogP contribution in [0.3, 0.4) is 0 Å². The van der Waals surface area contributed by atoms with Gasteiger partial charge in [0.25, 0.3) is 0 Å². The van der Waals surface area contributed by atoms with Crippen molar-refractivity contribution in [3.63, 3.8) is 0 Å². The molecule has 0 amide bonds. The van der Waals surface area contributed by atoms with E-state index in [1.165, 1.54) is 24.3 Å². The van der Waals surface area contributed by atoms with Crippen molar-refractivity contribution in [2.75, 3.05) is 25.4 Å². The highest BCUT2D eigenvalue weighted by molar-refractivity contribution is 7.91. The summed E-state index contributed by atoms with van der Waals surface area (Å²) in [5, 5.41) is 17.7. The first-order chi connectivity index (χ1) is 10.0. The number of benzene rings is 1. The average molecular weight is 303 g/mol. The minimum Gasteiger partial charge on any atom is -0.301 e. The van der Waals surface area contributed by atoms with E-state index in [0.29, 0.717) is 18.7 Å². The maximum absolute atomic E-state index is 12.3. The van der Waals surface area contributed by atoms with E-state index < -0.39 is 9.84 Å². The number of nitriles is 2. The first-order valence-corrected chi connectivity index (χ1v) is 8.55. The molecule has 1 aromatic carbocycles. The molecule has 110 valence electrons. The van der Waals surface area contributed by atoms with Gasteiger partial charge in [0.2, 0.25) is 0 Å². The highest BCUT2D eigenvalue weighted by Crippen LogP contribution is 2.17. The topological polar surface area (TPSA) is 85.0 Å². The Morgan fingerprint density at radius 1 is 1.24 bits per heavy atom. The summed E-state index contributed by atoms with van der Waals surface area (Å²) in [7, 11) is -3.34. The smallest absolute Gasteiger partial charge is 0.179 e. The van der Waals surface area contributed by atoms with Gasteiger partial charge in [-0.3, -0.25) is 0 Å². The summed E-state index contributed by atoms with van der Waals surface area (Å²) in [5.74, 6) is 0.0493. The molecule has 0 radical (unpaired) electrons. The fourth-order valence-corrected chi connectivity index (χ4v) is 3.75. The van der Waals surface area contributed by atoms with Crippen molar-refractivity contribution in [3.8, 4) is 12.1 Å². The molecule has 0 spiro atoms. The van der Waals surface area contributed by atoms with Crippen molar-refractivity contribution >= 4 is 9.84 Å². The predicted octanol–water partition coefficient (Wildman–Crippen LogP) is 1.57. The average Bonchev–Trinajstić information content (AvgIpc) is 2.53. The summed E-state index contributed by atoms with van der Waals surface area (Å²) >= 11 is 0. The standard InChI is InChI=1S/C15H17N3O2S/c16-10-13-3-5-15(6-4-13)21(19,20)9-8-18-7-1-2-14(11-17)12-18/h3-6,14H,1-2,7-9,12H2. The van der Waals surface area contributed by atoms with Gasteiger partial charge in [-0.15, -0.1) is 0 Å². The molecule has 0 aromatic heterocycles. The molecule has 0 bridgehead atoms. The highest BCUT2D eigenvalue weighted by atomic mass is 32.2. The number of likely N-dealkylation sites (tertiary alicyclic amines) is 1. The van der Waals surface area contributed by atoms with Gasteiger partial charge in [0.15, 0.2) is 9.84 Å². The number of nitrogens with zero attached hydrogens (tertiary/aromatic N) is 3. The van der Waals surface area contributed by atoms with Crippen LogP contribution < -0.4 is 0 Å². The molecule has 6 heteroatoms. The molecular weight excluding hydrogens is 286 g/mol. The lowest BCUT2D eigenvalue weighted by atomic mass is 10.00. The van der Waals surface area contributed by atoms with E-state index >= 15 is 0 Å². The van der Waals surface area contributed by atoms with Crippen LogP contribution in [0, 0.1) is 28.6 Å². The molecule has 1 aliphatic rings. The Morgan fingerprint density at radius 2 is 1.95 bits per heavy atom. The number of hydrogen-bond donors (Lipinski definition) is 0. The first kappa shape index (κ1) is 15.5. The number of piperidine rings is 1. The third-order valence-electron chi connectivity index (χ3n) is 3.71. The van der Waals surface area contributed by atoms with Crippen LogP contribution in [0.5, 0.6) is 0 Å². The molecular formula is C15H17N3O2S. The fourth-order valence-electron chi connectivity index (χ4n) is 2.47. The maximum Gasteiger partial charge on any atom is 0.179 e. The van der Waals surface area contributed by atoms with Gasteiger partial charge in [0.05, 0.1) is 34.3 Å². The van der Waals surface area contributed by atoms with Gasteiger partial charge in [-0.1, -0.05) is 0 Å². The Labute approximate surface area is 125 Å². The van der Waals surface area contributed by atoms with E-state index in [9.17, 15) is 8.42 Å². The Kier molecular flexibility index (Phi) is 4.95. The minimum absolute atomic E-state index is 0.0105. The van der Waals surface area contributed by atoms with Crippen molar-refractivity contribution in [2.24, 2.45) is 5.92 Å². The van der Waals surface area contributed by atoms with Crippen LogP contribution in [0.25, 0.3) is 0 Å². The van der Waals surface area contributed by atoms with Crippen molar-refractivity contribution in [1.82, 2.24) is 4.90 Å². The third kappa shape index (κ3) is 4.04. The van der Waals surface area contributed by atoms with Gasteiger partial charge in [0.1, 0.15) is 0 Å². The Hall–Kier alpha value is -1.89. The van der Waals surface area contributed by atoms with E-state index in [1.807, 2.05) is 11.0 Å². The first-order valence-electron chi connectivity index (χ1n) is 6.90. The molecule has 1 saturated heterocycles. The summed E-state index contributed by atoms with van der Waals surface area (Å²) in [6, 6.07) is 10.2. The molecule has 1 heterocycles. The zero-order chi connectivity index (χ0) is 15.3. The van der Waals surface area contributed by atoms with Crippen LogP contribution in [0.2, 0.25) is 0 Å². The molecule has 1 unspecified atom stereocenters. The van der Waals surface area contributed by atoms with Gasteiger partial charge >= 0.3 is 0 Å².